The molecule has 0 saturated carbocycles. The number of rotatable bonds is 5. The molecule has 0 atom stereocenters. The van der Waals surface area contributed by atoms with E-state index in [0.717, 1.165) is 11.1 Å². The van der Waals surface area contributed by atoms with E-state index in [-0.39, 0.29) is 18.3 Å². The Morgan fingerprint density at radius 1 is 1.44 bits per heavy atom. The summed E-state index contributed by atoms with van der Waals surface area (Å²) in [7, 11) is 0. The fraction of sp³-hybridized carbons (Fsp3) is 0.385. The number of nitrogens with zero attached hydrogens (tertiary/aromatic N) is 2. The summed E-state index contributed by atoms with van der Waals surface area (Å²) in [6.07, 6.45) is 0.333. The van der Waals surface area contributed by atoms with Gasteiger partial charge in [-0.1, -0.05) is 29.4 Å². The fourth-order valence-electron chi connectivity index (χ4n) is 1.69. The van der Waals surface area contributed by atoms with E-state index in [4.69, 9.17) is 10.9 Å². The Morgan fingerprint density at radius 3 is 2.67 bits per heavy atom. The summed E-state index contributed by atoms with van der Waals surface area (Å²) >= 11 is 0. The Morgan fingerprint density at radius 2 is 2.11 bits per heavy atom. The van der Waals surface area contributed by atoms with Crippen molar-refractivity contribution in [1.82, 2.24) is 4.90 Å². The number of aryl methyl sites for hydroxylation is 1. The third kappa shape index (κ3) is 3.76. The van der Waals surface area contributed by atoms with Crippen LogP contribution in [0.5, 0.6) is 0 Å². The van der Waals surface area contributed by atoms with E-state index in [0.29, 0.717) is 13.0 Å². The number of benzene rings is 1. The second-order valence-corrected chi connectivity index (χ2v) is 4.10. The van der Waals surface area contributed by atoms with Gasteiger partial charge in [-0.25, -0.2) is 0 Å². The first kappa shape index (κ1) is 14.0. The smallest absolute Gasteiger partial charge is 0.227 e. The minimum atomic E-state index is -0.0293. The number of carbonyl (C=O) groups is 1. The first-order valence-electron chi connectivity index (χ1n) is 5.87. The van der Waals surface area contributed by atoms with E-state index in [1.165, 1.54) is 0 Å². The molecule has 3 N–H and O–H groups in total. The third-order valence-corrected chi connectivity index (χ3v) is 2.82. The molecule has 98 valence electrons. The molecular formula is C13H19N3O2. The molecule has 1 aromatic rings. The molecular weight excluding hydrogens is 230 g/mol. The van der Waals surface area contributed by atoms with Gasteiger partial charge in [0.05, 0.1) is 13.0 Å². The summed E-state index contributed by atoms with van der Waals surface area (Å²) in [6, 6.07) is 7.76. The van der Waals surface area contributed by atoms with Crippen molar-refractivity contribution in [2.45, 2.75) is 20.3 Å². The topological polar surface area (TPSA) is 78.9 Å². The molecule has 1 amide bonds. The second-order valence-electron chi connectivity index (χ2n) is 4.10. The standard InChI is InChI=1S/C13H19N3O2/c1-3-16(9-12(14)15-18)13(17)8-11-7-5-4-6-10(11)2/h4-7,18H,3,8-9H2,1-2H3,(H2,14,15). The van der Waals surface area contributed by atoms with Crippen LogP contribution in [0.3, 0.4) is 0 Å². The Hall–Kier alpha value is -2.04. The summed E-state index contributed by atoms with van der Waals surface area (Å²) in [5.74, 6) is 0.00776. The van der Waals surface area contributed by atoms with Gasteiger partial charge in [-0.3, -0.25) is 4.79 Å². The van der Waals surface area contributed by atoms with Crippen LogP contribution < -0.4 is 5.73 Å². The highest BCUT2D eigenvalue weighted by Crippen LogP contribution is 2.09. The average Bonchev–Trinajstić information content (AvgIpc) is 2.38. The van der Waals surface area contributed by atoms with Gasteiger partial charge in [0.25, 0.3) is 0 Å². The second kappa shape index (κ2) is 6.64. The van der Waals surface area contributed by atoms with E-state index in [1.807, 2.05) is 38.1 Å². The lowest BCUT2D eigenvalue weighted by Gasteiger charge is -2.20. The molecule has 0 aromatic heterocycles. The average molecular weight is 249 g/mol. The number of likely N-dealkylation sites (N-methyl/N-ethyl adjacent to an activating group) is 1. The molecule has 0 radical (unpaired) electrons. The lowest BCUT2D eigenvalue weighted by Crippen LogP contribution is -2.39. The minimum absolute atomic E-state index is 0.0293. The van der Waals surface area contributed by atoms with E-state index in [2.05, 4.69) is 5.16 Å². The molecule has 0 fully saturated rings. The van der Waals surface area contributed by atoms with Crippen molar-refractivity contribution in [3.05, 3.63) is 35.4 Å². The van der Waals surface area contributed by atoms with Gasteiger partial charge in [0, 0.05) is 6.54 Å². The predicted molar refractivity (Wildman–Crippen MR) is 70.5 cm³/mol. The van der Waals surface area contributed by atoms with Crippen molar-refractivity contribution < 1.29 is 10.0 Å². The third-order valence-electron chi connectivity index (χ3n) is 2.82. The summed E-state index contributed by atoms with van der Waals surface area (Å²) in [4.78, 5) is 13.6. The maximum Gasteiger partial charge on any atom is 0.227 e. The van der Waals surface area contributed by atoms with Crippen LogP contribution in [-0.4, -0.2) is 34.9 Å². The molecule has 5 nitrogen and oxygen atoms in total. The largest absolute Gasteiger partial charge is 0.409 e. The molecule has 0 aliphatic heterocycles. The molecule has 0 unspecified atom stereocenters. The van der Waals surface area contributed by atoms with Crippen molar-refractivity contribution >= 4 is 11.7 Å². The molecule has 18 heavy (non-hydrogen) atoms. The van der Waals surface area contributed by atoms with E-state index in [9.17, 15) is 4.79 Å². The fourth-order valence-corrected chi connectivity index (χ4v) is 1.69. The van der Waals surface area contributed by atoms with Crippen LogP contribution >= 0.6 is 0 Å². The van der Waals surface area contributed by atoms with Gasteiger partial charge in [-0.2, -0.15) is 0 Å². The van der Waals surface area contributed by atoms with Gasteiger partial charge in [-0.05, 0) is 25.0 Å². The number of oxime groups is 1. The normalized spacial score (nSPS) is 11.3. The molecule has 0 bridgehead atoms. The van der Waals surface area contributed by atoms with Gasteiger partial charge >= 0.3 is 0 Å². The zero-order valence-corrected chi connectivity index (χ0v) is 10.8. The number of nitrogens with two attached hydrogens (primary N) is 1. The van der Waals surface area contributed by atoms with Crippen LogP contribution in [0, 0.1) is 6.92 Å². The Balaban J connectivity index is 2.71. The quantitative estimate of drug-likeness (QED) is 0.355. The van der Waals surface area contributed by atoms with Crippen LogP contribution in [0.15, 0.2) is 29.4 Å². The minimum Gasteiger partial charge on any atom is -0.409 e. The van der Waals surface area contributed by atoms with Crippen molar-refractivity contribution in [3.8, 4) is 0 Å². The molecule has 0 saturated heterocycles. The maximum atomic E-state index is 12.1. The summed E-state index contributed by atoms with van der Waals surface area (Å²) in [6.45, 7) is 4.52. The van der Waals surface area contributed by atoms with E-state index in [1.54, 1.807) is 4.90 Å². The molecule has 1 rings (SSSR count). The molecule has 5 heteroatoms. The lowest BCUT2D eigenvalue weighted by molar-refractivity contribution is -0.129. The van der Waals surface area contributed by atoms with Gasteiger partial charge < -0.3 is 15.8 Å². The first-order chi connectivity index (χ1) is 8.58. The van der Waals surface area contributed by atoms with Crippen molar-refractivity contribution in [2.75, 3.05) is 13.1 Å². The van der Waals surface area contributed by atoms with Gasteiger partial charge in [0.1, 0.15) is 0 Å². The predicted octanol–water partition coefficient (Wildman–Crippen LogP) is 1.13. The zero-order chi connectivity index (χ0) is 13.5. The van der Waals surface area contributed by atoms with Crippen molar-refractivity contribution in [1.29, 1.82) is 0 Å². The molecule has 0 heterocycles. The molecule has 0 aliphatic carbocycles. The number of hydrogen-bond acceptors (Lipinski definition) is 3. The highest BCUT2D eigenvalue weighted by Gasteiger charge is 2.14. The van der Waals surface area contributed by atoms with Crippen LogP contribution in [0.25, 0.3) is 0 Å². The molecule has 0 spiro atoms. The molecule has 1 aromatic carbocycles. The zero-order valence-electron chi connectivity index (χ0n) is 10.8. The van der Waals surface area contributed by atoms with Crippen molar-refractivity contribution in [2.24, 2.45) is 10.9 Å². The number of amidine groups is 1. The number of hydrogen-bond donors (Lipinski definition) is 2. The summed E-state index contributed by atoms with van der Waals surface area (Å²) < 4.78 is 0. The van der Waals surface area contributed by atoms with Crippen LogP contribution in [0.2, 0.25) is 0 Å². The van der Waals surface area contributed by atoms with Gasteiger partial charge in [0.2, 0.25) is 5.91 Å². The van der Waals surface area contributed by atoms with Crippen LogP contribution in [0.4, 0.5) is 0 Å². The van der Waals surface area contributed by atoms with Gasteiger partial charge in [-0.15, -0.1) is 0 Å². The first-order valence-corrected chi connectivity index (χ1v) is 5.87. The van der Waals surface area contributed by atoms with Crippen LogP contribution in [-0.2, 0) is 11.2 Å². The number of carbonyl (C=O) groups excluding carboxylic acids is 1. The monoisotopic (exact) mass is 249 g/mol. The summed E-state index contributed by atoms with van der Waals surface area (Å²) in [5.41, 5.74) is 7.51. The number of amides is 1. The SMILES string of the molecule is CCN(CC(N)=NO)C(=O)Cc1ccccc1C. The Bertz CT molecular complexity index is 444. The van der Waals surface area contributed by atoms with E-state index >= 15 is 0 Å². The highest BCUT2D eigenvalue weighted by atomic mass is 16.4. The van der Waals surface area contributed by atoms with Crippen molar-refractivity contribution in [3.63, 3.8) is 0 Å². The lowest BCUT2D eigenvalue weighted by atomic mass is 10.1. The maximum absolute atomic E-state index is 12.1. The van der Waals surface area contributed by atoms with E-state index < -0.39 is 0 Å². The van der Waals surface area contributed by atoms with Crippen LogP contribution in [0.1, 0.15) is 18.1 Å². The van der Waals surface area contributed by atoms with Gasteiger partial charge in [0.15, 0.2) is 5.84 Å². The Labute approximate surface area is 107 Å². The highest BCUT2D eigenvalue weighted by molar-refractivity contribution is 5.87. The summed E-state index contributed by atoms with van der Waals surface area (Å²) in [5, 5.41) is 11.4. The Kier molecular flexibility index (Phi) is 5.17. The molecule has 0 aliphatic rings.